The fraction of sp³-hybridized carbons (Fsp3) is 0.474. The molecule has 3 heterocycles. The van der Waals surface area contributed by atoms with Crippen LogP contribution in [0.2, 0.25) is 0 Å². The van der Waals surface area contributed by atoms with E-state index in [0.717, 1.165) is 36.6 Å². The Bertz CT molecular complexity index is 861. The van der Waals surface area contributed by atoms with Crippen LogP contribution in [0.3, 0.4) is 0 Å². The Labute approximate surface area is 153 Å². The van der Waals surface area contributed by atoms with Crippen molar-refractivity contribution in [2.45, 2.75) is 33.7 Å². The average Bonchev–Trinajstić information content (AvgIpc) is 2.84. The van der Waals surface area contributed by atoms with Crippen LogP contribution >= 0.6 is 0 Å². The van der Waals surface area contributed by atoms with E-state index in [-0.39, 0.29) is 18.1 Å². The summed E-state index contributed by atoms with van der Waals surface area (Å²) in [6.07, 6.45) is 2.71. The molecule has 0 bridgehead atoms. The van der Waals surface area contributed by atoms with E-state index in [1.54, 1.807) is 6.92 Å². The first-order chi connectivity index (χ1) is 12.4. The zero-order valence-electron chi connectivity index (χ0n) is 15.6. The van der Waals surface area contributed by atoms with Gasteiger partial charge in [-0.1, -0.05) is 0 Å². The SMILES string of the molecule is Cc1cc(N2CCCN(C(=O)Cn3c(C)cc(C)nc3=O)CC2)ccn1. The van der Waals surface area contributed by atoms with Gasteiger partial charge in [0.25, 0.3) is 0 Å². The van der Waals surface area contributed by atoms with Crippen molar-refractivity contribution in [1.29, 1.82) is 0 Å². The number of hydrogen-bond acceptors (Lipinski definition) is 5. The van der Waals surface area contributed by atoms with Crippen molar-refractivity contribution in [2.75, 3.05) is 31.1 Å². The van der Waals surface area contributed by atoms with Crippen LogP contribution in [0.25, 0.3) is 0 Å². The van der Waals surface area contributed by atoms with Gasteiger partial charge in [-0.25, -0.2) is 4.79 Å². The second-order valence-corrected chi connectivity index (χ2v) is 6.78. The van der Waals surface area contributed by atoms with Crippen LogP contribution < -0.4 is 10.6 Å². The van der Waals surface area contributed by atoms with Crippen molar-refractivity contribution in [3.05, 3.63) is 52.0 Å². The van der Waals surface area contributed by atoms with Gasteiger partial charge in [-0.15, -0.1) is 0 Å². The lowest BCUT2D eigenvalue weighted by molar-refractivity contribution is -0.131. The van der Waals surface area contributed by atoms with Crippen LogP contribution in [0.4, 0.5) is 5.69 Å². The van der Waals surface area contributed by atoms with Gasteiger partial charge in [-0.05, 0) is 45.4 Å². The van der Waals surface area contributed by atoms with Crippen LogP contribution in [0.15, 0.2) is 29.2 Å². The highest BCUT2D eigenvalue weighted by Crippen LogP contribution is 2.17. The average molecular weight is 355 g/mol. The van der Waals surface area contributed by atoms with E-state index in [2.05, 4.69) is 20.9 Å². The fourth-order valence-corrected chi connectivity index (χ4v) is 3.35. The summed E-state index contributed by atoms with van der Waals surface area (Å²) in [5.41, 5.74) is 3.20. The van der Waals surface area contributed by atoms with Crippen LogP contribution in [0.5, 0.6) is 0 Å². The molecule has 0 saturated carbocycles. The molecule has 1 saturated heterocycles. The molecule has 7 heteroatoms. The molecule has 1 amide bonds. The first kappa shape index (κ1) is 18.1. The number of amides is 1. The lowest BCUT2D eigenvalue weighted by atomic mass is 10.3. The smallest absolute Gasteiger partial charge is 0.348 e. The van der Waals surface area contributed by atoms with Crippen LogP contribution in [0.1, 0.15) is 23.5 Å². The number of aryl methyl sites for hydroxylation is 3. The Kier molecular flexibility index (Phi) is 5.35. The van der Waals surface area contributed by atoms with Crippen molar-refractivity contribution in [2.24, 2.45) is 0 Å². The molecule has 0 aliphatic carbocycles. The number of hydrogen-bond donors (Lipinski definition) is 0. The number of anilines is 1. The van der Waals surface area contributed by atoms with Gasteiger partial charge in [0.2, 0.25) is 5.91 Å². The van der Waals surface area contributed by atoms with E-state index < -0.39 is 0 Å². The van der Waals surface area contributed by atoms with Gasteiger partial charge >= 0.3 is 5.69 Å². The second-order valence-electron chi connectivity index (χ2n) is 6.78. The summed E-state index contributed by atoms with van der Waals surface area (Å²) in [6, 6.07) is 5.90. The van der Waals surface area contributed by atoms with E-state index >= 15 is 0 Å². The highest BCUT2D eigenvalue weighted by atomic mass is 16.2. The summed E-state index contributed by atoms with van der Waals surface area (Å²) in [4.78, 5) is 37.1. The van der Waals surface area contributed by atoms with Crippen molar-refractivity contribution in [1.82, 2.24) is 19.4 Å². The van der Waals surface area contributed by atoms with Crippen LogP contribution in [-0.2, 0) is 11.3 Å². The molecule has 1 aliphatic heterocycles. The quantitative estimate of drug-likeness (QED) is 0.830. The minimum absolute atomic E-state index is 0.0337. The summed E-state index contributed by atoms with van der Waals surface area (Å²) in [6.45, 7) is 8.66. The number of carbonyl (C=O) groups excluding carboxylic acids is 1. The predicted octanol–water partition coefficient (Wildman–Crippen LogP) is 1.30. The maximum absolute atomic E-state index is 12.7. The molecule has 26 heavy (non-hydrogen) atoms. The second kappa shape index (κ2) is 7.68. The molecule has 0 radical (unpaired) electrons. The third kappa shape index (κ3) is 4.09. The maximum Gasteiger partial charge on any atom is 0.348 e. The standard InChI is InChI=1S/C19H25N5O2/c1-14-12-17(5-6-20-14)22-7-4-8-23(10-9-22)18(25)13-24-16(3)11-15(2)21-19(24)26/h5-6,11-12H,4,7-10,13H2,1-3H3. The van der Waals surface area contributed by atoms with Gasteiger partial charge in [-0.2, -0.15) is 4.98 Å². The molecular formula is C19H25N5O2. The van der Waals surface area contributed by atoms with E-state index in [0.29, 0.717) is 18.8 Å². The number of rotatable bonds is 3. The summed E-state index contributed by atoms with van der Waals surface area (Å²) in [5.74, 6) is -0.0337. The molecule has 7 nitrogen and oxygen atoms in total. The molecule has 0 unspecified atom stereocenters. The number of carbonyl (C=O) groups is 1. The minimum Gasteiger partial charge on any atom is -0.370 e. The molecule has 0 atom stereocenters. The normalized spacial score (nSPS) is 15.0. The number of aromatic nitrogens is 3. The Morgan fingerprint density at radius 2 is 1.88 bits per heavy atom. The van der Waals surface area contributed by atoms with Gasteiger partial charge in [0, 0.05) is 55.1 Å². The molecule has 0 spiro atoms. The Hall–Kier alpha value is -2.70. The topological polar surface area (TPSA) is 71.3 Å². The van der Waals surface area contributed by atoms with Gasteiger partial charge in [0.15, 0.2) is 0 Å². The zero-order chi connectivity index (χ0) is 18.7. The monoisotopic (exact) mass is 355 g/mol. The molecule has 2 aromatic heterocycles. The number of pyridine rings is 1. The third-order valence-electron chi connectivity index (χ3n) is 4.73. The first-order valence-electron chi connectivity index (χ1n) is 8.94. The van der Waals surface area contributed by atoms with Gasteiger partial charge in [-0.3, -0.25) is 14.3 Å². The van der Waals surface area contributed by atoms with Crippen LogP contribution in [-0.4, -0.2) is 51.5 Å². The lowest BCUT2D eigenvalue weighted by Gasteiger charge is -2.24. The molecule has 138 valence electrons. The summed E-state index contributed by atoms with van der Waals surface area (Å²) >= 11 is 0. The van der Waals surface area contributed by atoms with Gasteiger partial charge < -0.3 is 9.80 Å². The van der Waals surface area contributed by atoms with E-state index in [1.165, 1.54) is 4.57 Å². The van der Waals surface area contributed by atoms with Gasteiger partial charge in [0.1, 0.15) is 6.54 Å². The van der Waals surface area contributed by atoms with Crippen molar-refractivity contribution < 1.29 is 4.79 Å². The predicted molar refractivity (Wildman–Crippen MR) is 100 cm³/mol. The third-order valence-corrected chi connectivity index (χ3v) is 4.73. The Morgan fingerprint density at radius 3 is 2.62 bits per heavy atom. The molecule has 0 N–H and O–H groups in total. The van der Waals surface area contributed by atoms with Crippen LogP contribution in [0, 0.1) is 20.8 Å². The molecule has 1 fully saturated rings. The fourth-order valence-electron chi connectivity index (χ4n) is 3.35. The summed E-state index contributed by atoms with van der Waals surface area (Å²) < 4.78 is 1.45. The molecule has 2 aromatic rings. The molecular weight excluding hydrogens is 330 g/mol. The summed E-state index contributed by atoms with van der Waals surface area (Å²) in [5, 5.41) is 0. The van der Waals surface area contributed by atoms with E-state index in [1.807, 2.05) is 37.1 Å². The van der Waals surface area contributed by atoms with Crippen molar-refractivity contribution in [3.8, 4) is 0 Å². The highest BCUT2D eigenvalue weighted by molar-refractivity contribution is 5.76. The van der Waals surface area contributed by atoms with Crippen molar-refractivity contribution in [3.63, 3.8) is 0 Å². The van der Waals surface area contributed by atoms with E-state index in [4.69, 9.17) is 0 Å². The highest BCUT2D eigenvalue weighted by Gasteiger charge is 2.20. The Morgan fingerprint density at radius 1 is 1.08 bits per heavy atom. The molecule has 3 rings (SSSR count). The first-order valence-corrected chi connectivity index (χ1v) is 8.94. The largest absolute Gasteiger partial charge is 0.370 e. The van der Waals surface area contributed by atoms with E-state index in [9.17, 15) is 9.59 Å². The van der Waals surface area contributed by atoms with Crippen molar-refractivity contribution >= 4 is 11.6 Å². The van der Waals surface area contributed by atoms with Gasteiger partial charge in [0.05, 0.1) is 0 Å². The minimum atomic E-state index is -0.362. The lowest BCUT2D eigenvalue weighted by Crippen LogP contribution is -2.40. The molecule has 1 aliphatic rings. The zero-order valence-corrected chi connectivity index (χ0v) is 15.6. The maximum atomic E-state index is 12.7. The number of nitrogens with zero attached hydrogens (tertiary/aromatic N) is 5. The Balaban J connectivity index is 1.67. The molecule has 0 aromatic carbocycles. The summed E-state index contributed by atoms with van der Waals surface area (Å²) in [7, 11) is 0.